The highest BCUT2D eigenvalue weighted by molar-refractivity contribution is 5.77. The van der Waals surface area contributed by atoms with E-state index in [1.807, 2.05) is 6.92 Å². The Morgan fingerprint density at radius 2 is 1.85 bits per heavy atom. The van der Waals surface area contributed by atoms with Crippen LogP contribution < -0.4 is 21.5 Å². The standard InChI is InChI=1S/C24H26F3N5O2/c1-14(28)16-8-10-20(21(11-16)34-2)32-23-30-13-18(24(25,26)27)19(31-23)9-7-15-5-3-4-6-17(15)12-22(29)33/h3-6,8,10-11,13-14H,7,9,12,28H2,1-2H3,(H2,29,33)(H,30,31,32). The van der Waals surface area contributed by atoms with Crippen molar-refractivity contribution in [3.8, 4) is 5.75 Å². The summed E-state index contributed by atoms with van der Waals surface area (Å²) in [5, 5.41) is 2.93. The maximum Gasteiger partial charge on any atom is 0.419 e. The van der Waals surface area contributed by atoms with Crippen LogP contribution in [0.25, 0.3) is 0 Å². The Hall–Kier alpha value is -3.66. The molecule has 7 nitrogen and oxygen atoms in total. The van der Waals surface area contributed by atoms with Gasteiger partial charge in [-0.1, -0.05) is 30.3 Å². The number of carbonyl (C=O) groups is 1. The maximum atomic E-state index is 13.6. The number of benzene rings is 2. The van der Waals surface area contributed by atoms with E-state index in [0.717, 1.165) is 17.3 Å². The number of nitrogens with one attached hydrogen (secondary N) is 1. The van der Waals surface area contributed by atoms with Crippen LogP contribution in [0.2, 0.25) is 0 Å². The Bertz CT molecular complexity index is 1170. The van der Waals surface area contributed by atoms with E-state index in [2.05, 4.69) is 15.3 Å². The molecule has 0 fully saturated rings. The van der Waals surface area contributed by atoms with E-state index in [0.29, 0.717) is 17.0 Å². The number of aromatic nitrogens is 2. The molecule has 0 spiro atoms. The lowest BCUT2D eigenvalue weighted by Crippen LogP contribution is -2.16. The van der Waals surface area contributed by atoms with Crippen molar-refractivity contribution in [2.45, 2.75) is 38.4 Å². The Balaban J connectivity index is 1.90. The molecule has 1 unspecified atom stereocenters. The second-order valence-electron chi connectivity index (χ2n) is 7.84. The van der Waals surface area contributed by atoms with E-state index in [-0.39, 0.29) is 36.9 Å². The molecule has 3 aromatic rings. The number of nitrogens with zero attached hydrogens (tertiary/aromatic N) is 2. The summed E-state index contributed by atoms with van der Waals surface area (Å²) in [5.74, 6) is -0.0542. The van der Waals surface area contributed by atoms with Gasteiger partial charge in [-0.3, -0.25) is 4.79 Å². The summed E-state index contributed by atoms with van der Waals surface area (Å²) in [5.41, 5.74) is 12.9. The van der Waals surface area contributed by atoms with E-state index >= 15 is 0 Å². The predicted molar refractivity (Wildman–Crippen MR) is 123 cm³/mol. The SMILES string of the molecule is COc1cc(C(C)N)ccc1Nc1ncc(C(F)(F)F)c(CCc2ccccc2CC(N)=O)n1. The van der Waals surface area contributed by atoms with Crippen molar-refractivity contribution in [1.82, 2.24) is 9.97 Å². The van der Waals surface area contributed by atoms with Gasteiger partial charge in [-0.2, -0.15) is 13.2 Å². The Labute approximate surface area is 195 Å². The molecule has 34 heavy (non-hydrogen) atoms. The van der Waals surface area contributed by atoms with Gasteiger partial charge in [0.25, 0.3) is 0 Å². The fourth-order valence-corrected chi connectivity index (χ4v) is 3.53. The highest BCUT2D eigenvalue weighted by Gasteiger charge is 2.35. The number of halogens is 3. The number of nitrogens with two attached hydrogens (primary N) is 2. The third-order valence-electron chi connectivity index (χ3n) is 5.29. The number of carbonyl (C=O) groups excluding carboxylic acids is 1. The summed E-state index contributed by atoms with van der Waals surface area (Å²) in [7, 11) is 1.48. The number of aryl methyl sites for hydroxylation is 2. The second-order valence-corrected chi connectivity index (χ2v) is 7.84. The number of rotatable bonds is 9. The average Bonchev–Trinajstić information content (AvgIpc) is 2.77. The molecule has 1 atom stereocenters. The van der Waals surface area contributed by atoms with Gasteiger partial charge in [-0.15, -0.1) is 0 Å². The minimum Gasteiger partial charge on any atom is -0.495 e. The Morgan fingerprint density at radius 1 is 1.15 bits per heavy atom. The maximum absolute atomic E-state index is 13.6. The van der Waals surface area contributed by atoms with Crippen LogP contribution >= 0.6 is 0 Å². The van der Waals surface area contributed by atoms with E-state index in [9.17, 15) is 18.0 Å². The van der Waals surface area contributed by atoms with Crippen molar-refractivity contribution in [2.75, 3.05) is 12.4 Å². The Kier molecular flexibility index (Phi) is 7.72. The fraction of sp³-hybridized carbons (Fsp3) is 0.292. The average molecular weight is 473 g/mol. The lowest BCUT2D eigenvalue weighted by molar-refractivity contribution is -0.138. The van der Waals surface area contributed by atoms with Gasteiger partial charge in [0.1, 0.15) is 5.75 Å². The summed E-state index contributed by atoms with van der Waals surface area (Å²) >= 11 is 0. The zero-order valence-corrected chi connectivity index (χ0v) is 18.8. The number of amides is 1. The fourth-order valence-electron chi connectivity index (χ4n) is 3.53. The summed E-state index contributed by atoms with van der Waals surface area (Å²) in [4.78, 5) is 19.4. The zero-order valence-electron chi connectivity index (χ0n) is 18.8. The van der Waals surface area contributed by atoms with Gasteiger partial charge in [0, 0.05) is 12.2 Å². The van der Waals surface area contributed by atoms with Crippen LogP contribution in [0.15, 0.2) is 48.7 Å². The molecule has 0 radical (unpaired) electrons. The zero-order chi connectivity index (χ0) is 24.9. The molecule has 0 bridgehead atoms. The number of anilines is 2. The number of hydrogen-bond acceptors (Lipinski definition) is 6. The number of hydrogen-bond donors (Lipinski definition) is 3. The van der Waals surface area contributed by atoms with Crippen molar-refractivity contribution in [2.24, 2.45) is 11.5 Å². The van der Waals surface area contributed by atoms with E-state index < -0.39 is 17.6 Å². The topological polar surface area (TPSA) is 116 Å². The molecular weight excluding hydrogens is 447 g/mol. The highest BCUT2D eigenvalue weighted by atomic mass is 19.4. The second kappa shape index (κ2) is 10.5. The molecule has 1 aromatic heterocycles. The lowest BCUT2D eigenvalue weighted by Gasteiger charge is -2.16. The van der Waals surface area contributed by atoms with E-state index in [4.69, 9.17) is 16.2 Å². The molecular formula is C24H26F3N5O2. The Morgan fingerprint density at radius 3 is 2.47 bits per heavy atom. The van der Waals surface area contributed by atoms with Crippen molar-refractivity contribution in [3.63, 3.8) is 0 Å². The van der Waals surface area contributed by atoms with Crippen molar-refractivity contribution >= 4 is 17.5 Å². The molecule has 2 aromatic carbocycles. The normalized spacial score (nSPS) is 12.3. The summed E-state index contributed by atoms with van der Waals surface area (Å²) in [6.07, 6.45) is -3.60. The molecule has 0 aliphatic carbocycles. The van der Waals surface area contributed by atoms with Crippen molar-refractivity contribution < 1.29 is 22.7 Å². The van der Waals surface area contributed by atoms with Crippen LogP contribution in [0.3, 0.4) is 0 Å². The summed E-state index contributed by atoms with van der Waals surface area (Å²) in [6.45, 7) is 1.83. The number of methoxy groups -OCH3 is 1. The van der Waals surface area contributed by atoms with Crippen LogP contribution in [0.5, 0.6) is 5.75 Å². The molecule has 0 aliphatic heterocycles. The van der Waals surface area contributed by atoms with Gasteiger partial charge < -0.3 is 21.5 Å². The van der Waals surface area contributed by atoms with Gasteiger partial charge in [-0.25, -0.2) is 9.97 Å². The third-order valence-corrected chi connectivity index (χ3v) is 5.29. The van der Waals surface area contributed by atoms with Crippen LogP contribution in [-0.4, -0.2) is 23.0 Å². The molecule has 1 heterocycles. The molecule has 10 heteroatoms. The quantitative estimate of drug-likeness (QED) is 0.431. The largest absolute Gasteiger partial charge is 0.495 e. The number of alkyl halides is 3. The predicted octanol–water partition coefficient (Wildman–Crippen LogP) is 4.08. The van der Waals surface area contributed by atoms with Gasteiger partial charge >= 0.3 is 6.18 Å². The number of ether oxygens (including phenoxy) is 1. The van der Waals surface area contributed by atoms with Crippen molar-refractivity contribution in [3.05, 3.63) is 76.6 Å². The molecule has 0 saturated heterocycles. The van der Waals surface area contributed by atoms with Gasteiger partial charge in [0.05, 0.1) is 30.5 Å². The minimum atomic E-state index is -4.61. The molecule has 5 N–H and O–H groups in total. The first-order valence-corrected chi connectivity index (χ1v) is 10.6. The van der Waals surface area contributed by atoms with Crippen LogP contribution in [0.4, 0.5) is 24.8 Å². The first-order chi connectivity index (χ1) is 16.1. The van der Waals surface area contributed by atoms with Gasteiger partial charge in [-0.05, 0) is 48.6 Å². The molecule has 0 aliphatic rings. The highest BCUT2D eigenvalue weighted by Crippen LogP contribution is 2.33. The summed E-state index contributed by atoms with van der Waals surface area (Å²) < 4.78 is 46.3. The minimum absolute atomic E-state index is 0.000248. The third kappa shape index (κ3) is 6.22. The lowest BCUT2D eigenvalue weighted by atomic mass is 9.98. The van der Waals surface area contributed by atoms with Crippen LogP contribution in [0.1, 0.15) is 40.9 Å². The molecule has 3 rings (SSSR count). The molecule has 180 valence electrons. The van der Waals surface area contributed by atoms with Crippen LogP contribution in [0, 0.1) is 0 Å². The van der Waals surface area contributed by atoms with E-state index in [1.165, 1.54) is 7.11 Å². The first-order valence-electron chi connectivity index (χ1n) is 10.6. The van der Waals surface area contributed by atoms with Crippen molar-refractivity contribution in [1.29, 1.82) is 0 Å². The van der Waals surface area contributed by atoms with E-state index in [1.54, 1.807) is 42.5 Å². The summed E-state index contributed by atoms with van der Waals surface area (Å²) in [6, 6.07) is 12.0. The molecule has 1 amide bonds. The van der Waals surface area contributed by atoms with Gasteiger partial charge in [0.15, 0.2) is 0 Å². The number of primary amides is 1. The first kappa shape index (κ1) is 25.0. The smallest absolute Gasteiger partial charge is 0.419 e. The monoisotopic (exact) mass is 473 g/mol. The molecule has 0 saturated carbocycles. The van der Waals surface area contributed by atoms with Crippen LogP contribution in [-0.2, 0) is 30.2 Å². The van der Waals surface area contributed by atoms with Gasteiger partial charge in [0.2, 0.25) is 11.9 Å².